The number of carboxylic acid groups (broad SMARTS) is 1. The second-order valence-corrected chi connectivity index (χ2v) is 5.11. The van der Waals surface area contributed by atoms with E-state index in [0.29, 0.717) is 22.4 Å². The first kappa shape index (κ1) is 15.0. The lowest BCUT2D eigenvalue weighted by Gasteiger charge is -2.07. The van der Waals surface area contributed by atoms with Crippen LogP contribution in [0.3, 0.4) is 0 Å². The van der Waals surface area contributed by atoms with Gasteiger partial charge in [-0.1, -0.05) is 15.9 Å². The molecule has 2 aromatic rings. The van der Waals surface area contributed by atoms with E-state index in [4.69, 9.17) is 5.11 Å². The summed E-state index contributed by atoms with van der Waals surface area (Å²) in [6, 6.07) is 3.97. The molecular formula is C13H13BrN4O3. The minimum atomic E-state index is -1.07. The molecule has 0 bridgehead atoms. The third kappa shape index (κ3) is 4.06. The standard InChI is InChI=1S/C13H13BrN4O3/c1-2-18-7-11(6-15-18)17-13(21)16-10-4-8(12(19)20)3-9(14)5-10/h3-7H,2H2,1H3,(H,19,20)(H2,16,17,21). The van der Waals surface area contributed by atoms with Gasteiger partial charge in [-0.3, -0.25) is 4.68 Å². The van der Waals surface area contributed by atoms with E-state index < -0.39 is 12.0 Å². The average molecular weight is 353 g/mol. The summed E-state index contributed by atoms with van der Waals surface area (Å²) in [4.78, 5) is 22.8. The van der Waals surface area contributed by atoms with Gasteiger partial charge in [-0.25, -0.2) is 9.59 Å². The highest BCUT2D eigenvalue weighted by Gasteiger charge is 2.09. The van der Waals surface area contributed by atoms with Crippen LogP contribution in [0.4, 0.5) is 16.2 Å². The quantitative estimate of drug-likeness (QED) is 0.787. The molecule has 7 nitrogen and oxygen atoms in total. The Morgan fingerprint density at radius 2 is 2.00 bits per heavy atom. The zero-order valence-corrected chi connectivity index (χ0v) is 12.7. The van der Waals surface area contributed by atoms with Crippen molar-refractivity contribution in [3.63, 3.8) is 0 Å². The molecule has 2 rings (SSSR count). The van der Waals surface area contributed by atoms with Crippen molar-refractivity contribution in [2.24, 2.45) is 0 Å². The number of halogens is 1. The Kier molecular flexibility index (Phi) is 4.59. The van der Waals surface area contributed by atoms with Gasteiger partial charge in [-0.15, -0.1) is 0 Å². The number of carboxylic acids is 1. The van der Waals surface area contributed by atoms with Gasteiger partial charge in [0.15, 0.2) is 0 Å². The summed E-state index contributed by atoms with van der Waals surface area (Å²) in [6.07, 6.45) is 3.23. The van der Waals surface area contributed by atoms with Crippen molar-refractivity contribution < 1.29 is 14.7 Å². The number of aryl methyl sites for hydroxylation is 1. The van der Waals surface area contributed by atoms with E-state index in [1.807, 2.05) is 6.92 Å². The second kappa shape index (κ2) is 6.40. The lowest BCUT2D eigenvalue weighted by molar-refractivity contribution is 0.0697. The van der Waals surface area contributed by atoms with E-state index in [-0.39, 0.29) is 5.56 Å². The monoisotopic (exact) mass is 352 g/mol. The predicted molar refractivity (Wildman–Crippen MR) is 81.6 cm³/mol. The molecule has 0 radical (unpaired) electrons. The summed E-state index contributed by atoms with van der Waals surface area (Å²) in [5.74, 6) is -1.07. The largest absolute Gasteiger partial charge is 0.478 e. The van der Waals surface area contributed by atoms with Crippen LogP contribution in [0.2, 0.25) is 0 Å². The van der Waals surface area contributed by atoms with Gasteiger partial charge in [-0.05, 0) is 25.1 Å². The minimum Gasteiger partial charge on any atom is -0.478 e. The molecule has 0 aliphatic carbocycles. The first-order chi connectivity index (χ1) is 9.97. The number of hydrogen-bond donors (Lipinski definition) is 3. The molecule has 1 heterocycles. The first-order valence-electron chi connectivity index (χ1n) is 6.12. The van der Waals surface area contributed by atoms with Crippen molar-refractivity contribution in [2.75, 3.05) is 10.6 Å². The van der Waals surface area contributed by atoms with Crippen molar-refractivity contribution in [1.82, 2.24) is 9.78 Å². The van der Waals surface area contributed by atoms with Crippen LogP contribution in [0.15, 0.2) is 35.1 Å². The number of nitrogens with zero attached hydrogens (tertiary/aromatic N) is 2. The van der Waals surface area contributed by atoms with Crippen molar-refractivity contribution in [3.8, 4) is 0 Å². The van der Waals surface area contributed by atoms with Crippen molar-refractivity contribution >= 4 is 39.3 Å². The topological polar surface area (TPSA) is 96.2 Å². The van der Waals surface area contributed by atoms with Gasteiger partial charge >= 0.3 is 12.0 Å². The molecule has 0 saturated carbocycles. The van der Waals surface area contributed by atoms with Crippen LogP contribution >= 0.6 is 15.9 Å². The molecule has 0 aliphatic heterocycles. The minimum absolute atomic E-state index is 0.0819. The zero-order chi connectivity index (χ0) is 15.4. The Morgan fingerprint density at radius 3 is 2.62 bits per heavy atom. The van der Waals surface area contributed by atoms with E-state index >= 15 is 0 Å². The zero-order valence-electron chi connectivity index (χ0n) is 11.1. The number of aromatic carboxylic acids is 1. The number of rotatable bonds is 4. The van der Waals surface area contributed by atoms with Crippen molar-refractivity contribution in [3.05, 3.63) is 40.6 Å². The lowest BCUT2D eigenvalue weighted by Crippen LogP contribution is -2.19. The fourth-order valence-electron chi connectivity index (χ4n) is 1.68. The first-order valence-corrected chi connectivity index (χ1v) is 6.91. The smallest absolute Gasteiger partial charge is 0.335 e. The van der Waals surface area contributed by atoms with Crippen molar-refractivity contribution in [1.29, 1.82) is 0 Å². The maximum absolute atomic E-state index is 11.8. The molecule has 0 atom stereocenters. The normalized spacial score (nSPS) is 10.2. The maximum Gasteiger partial charge on any atom is 0.335 e. The van der Waals surface area contributed by atoms with E-state index in [2.05, 4.69) is 31.7 Å². The third-order valence-electron chi connectivity index (χ3n) is 2.62. The van der Waals surface area contributed by atoms with E-state index in [0.717, 1.165) is 0 Å². The molecule has 2 amide bonds. The number of amides is 2. The van der Waals surface area contributed by atoms with Crippen LogP contribution in [0.1, 0.15) is 17.3 Å². The SMILES string of the molecule is CCn1cc(NC(=O)Nc2cc(Br)cc(C(=O)O)c2)cn1. The molecule has 110 valence electrons. The van der Waals surface area contributed by atoms with Crippen LogP contribution in [-0.4, -0.2) is 26.9 Å². The van der Waals surface area contributed by atoms with Gasteiger partial charge in [0.05, 0.1) is 17.4 Å². The molecule has 1 aromatic carbocycles. The predicted octanol–water partition coefficient (Wildman–Crippen LogP) is 3.01. The van der Waals surface area contributed by atoms with Gasteiger partial charge in [0.1, 0.15) is 0 Å². The number of carbonyl (C=O) groups excluding carboxylic acids is 1. The second-order valence-electron chi connectivity index (χ2n) is 4.20. The van der Waals surface area contributed by atoms with E-state index in [9.17, 15) is 9.59 Å². The summed E-state index contributed by atoms with van der Waals surface area (Å²) in [6.45, 7) is 2.64. The van der Waals surface area contributed by atoms with Crippen LogP contribution in [0, 0.1) is 0 Å². The average Bonchev–Trinajstić information content (AvgIpc) is 2.85. The third-order valence-corrected chi connectivity index (χ3v) is 3.08. The summed E-state index contributed by atoms with van der Waals surface area (Å²) in [5, 5.41) is 18.2. The van der Waals surface area contributed by atoms with Crippen molar-refractivity contribution in [2.45, 2.75) is 13.5 Å². The molecule has 0 unspecified atom stereocenters. The molecule has 0 aliphatic rings. The van der Waals surface area contributed by atoms with Crippen LogP contribution in [0.5, 0.6) is 0 Å². The summed E-state index contributed by atoms with van der Waals surface area (Å²) in [7, 11) is 0. The molecule has 0 spiro atoms. The number of benzene rings is 1. The number of carbonyl (C=O) groups is 2. The fraction of sp³-hybridized carbons (Fsp3) is 0.154. The van der Waals surface area contributed by atoms with E-state index in [1.165, 1.54) is 18.3 Å². The number of aromatic nitrogens is 2. The Labute approximate surface area is 129 Å². The van der Waals surface area contributed by atoms with Crippen LogP contribution in [-0.2, 0) is 6.54 Å². The Hall–Kier alpha value is -2.35. The van der Waals surface area contributed by atoms with Gasteiger partial charge in [0, 0.05) is 22.9 Å². The summed E-state index contributed by atoms with van der Waals surface area (Å²) < 4.78 is 2.24. The molecule has 1 aromatic heterocycles. The Bertz CT molecular complexity index is 684. The molecule has 3 N–H and O–H groups in total. The molecular weight excluding hydrogens is 340 g/mol. The van der Waals surface area contributed by atoms with Gasteiger partial charge in [0.2, 0.25) is 0 Å². The maximum atomic E-state index is 11.8. The fourth-order valence-corrected chi connectivity index (χ4v) is 2.17. The highest BCUT2D eigenvalue weighted by molar-refractivity contribution is 9.10. The molecule has 8 heteroatoms. The number of hydrogen-bond acceptors (Lipinski definition) is 3. The van der Waals surface area contributed by atoms with Crippen LogP contribution < -0.4 is 10.6 Å². The lowest BCUT2D eigenvalue weighted by atomic mass is 10.2. The number of anilines is 2. The van der Waals surface area contributed by atoms with Gasteiger partial charge in [0.25, 0.3) is 0 Å². The molecule has 0 fully saturated rings. The number of urea groups is 1. The Balaban J connectivity index is 2.07. The van der Waals surface area contributed by atoms with E-state index in [1.54, 1.807) is 16.9 Å². The summed E-state index contributed by atoms with van der Waals surface area (Å²) in [5.41, 5.74) is 1.02. The van der Waals surface area contributed by atoms with Gasteiger partial charge in [-0.2, -0.15) is 5.10 Å². The Morgan fingerprint density at radius 1 is 1.29 bits per heavy atom. The highest BCUT2D eigenvalue weighted by Crippen LogP contribution is 2.20. The van der Waals surface area contributed by atoms with Gasteiger partial charge < -0.3 is 15.7 Å². The summed E-state index contributed by atoms with van der Waals surface area (Å²) >= 11 is 3.20. The highest BCUT2D eigenvalue weighted by atomic mass is 79.9. The van der Waals surface area contributed by atoms with Crippen LogP contribution in [0.25, 0.3) is 0 Å². The number of nitrogens with one attached hydrogen (secondary N) is 2. The molecule has 21 heavy (non-hydrogen) atoms. The molecule has 0 saturated heterocycles.